The van der Waals surface area contributed by atoms with E-state index in [2.05, 4.69) is 36.6 Å². The van der Waals surface area contributed by atoms with Crippen molar-refractivity contribution in [2.75, 3.05) is 59.1 Å². The van der Waals surface area contributed by atoms with E-state index in [1.165, 1.54) is 5.56 Å². The highest BCUT2D eigenvalue weighted by atomic mass is 16.5. The number of hydrogen-bond donors (Lipinski definition) is 1. The van der Waals surface area contributed by atoms with Crippen molar-refractivity contribution in [1.29, 1.82) is 0 Å². The Kier molecular flexibility index (Phi) is 8.68. The van der Waals surface area contributed by atoms with Gasteiger partial charge in [0, 0.05) is 32.7 Å². The van der Waals surface area contributed by atoms with Gasteiger partial charge in [-0.2, -0.15) is 0 Å². The van der Waals surface area contributed by atoms with E-state index in [0.717, 1.165) is 38.5 Å². The first-order chi connectivity index (χ1) is 12.1. The number of likely N-dealkylation sites (N-methyl/N-ethyl adjacent to an activating group) is 1. The van der Waals surface area contributed by atoms with Crippen LogP contribution in [0.4, 0.5) is 0 Å². The van der Waals surface area contributed by atoms with Crippen molar-refractivity contribution in [3.05, 3.63) is 29.8 Å². The Balaban J connectivity index is 1.58. The number of nitrogens with zero attached hydrogens (tertiary/aromatic N) is 2. The Labute approximate surface area is 152 Å². The number of piperazine rings is 1. The molecule has 0 saturated carbocycles. The van der Waals surface area contributed by atoms with E-state index in [4.69, 9.17) is 9.47 Å². The Morgan fingerprint density at radius 2 is 1.72 bits per heavy atom. The second-order valence-corrected chi connectivity index (χ2v) is 7.00. The molecule has 0 spiro atoms. The monoisotopic (exact) mass is 350 g/mol. The van der Waals surface area contributed by atoms with E-state index < -0.39 is 6.10 Å². The summed E-state index contributed by atoms with van der Waals surface area (Å²) in [7, 11) is 0. The molecule has 0 bridgehead atoms. The molecule has 1 aliphatic rings. The number of hydrogen-bond acceptors (Lipinski definition) is 5. The number of aliphatic hydroxyl groups excluding tert-OH is 1. The molecule has 1 atom stereocenters. The maximum Gasteiger partial charge on any atom is 0.122 e. The second kappa shape index (κ2) is 10.8. The Hall–Kier alpha value is -1.14. The van der Waals surface area contributed by atoms with Crippen LogP contribution in [0.5, 0.6) is 5.75 Å². The zero-order valence-electron chi connectivity index (χ0n) is 16.0. The molecule has 1 aliphatic heterocycles. The van der Waals surface area contributed by atoms with Gasteiger partial charge < -0.3 is 19.5 Å². The highest BCUT2D eigenvalue weighted by Gasteiger charge is 2.18. The molecule has 142 valence electrons. The summed E-state index contributed by atoms with van der Waals surface area (Å²) in [4.78, 5) is 4.75. The number of aliphatic hydroxyl groups is 1. The molecule has 0 amide bonds. The van der Waals surface area contributed by atoms with Gasteiger partial charge >= 0.3 is 0 Å². The zero-order valence-corrected chi connectivity index (χ0v) is 16.0. The van der Waals surface area contributed by atoms with Crippen molar-refractivity contribution >= 4 is 0 Å². The Bertz CT molecular complexity index is 488. The number of rotatable bonds is 10. The minimum atomic E-state index is -0.434. The lowest BCUT2D eigenvalue weighted by Crippen LogP contribution is -2.48. The van der Waals surface area contributed by atoms with E-state index in [0.29, 0.717) is 32.3 Å². The molecule has 25 heavy (non-hydrogen) atoms. The molecule has 2 rings (SSSR count). The lowest BCUT2D eigenvalue weighted by Gasteiger charge is -2.34. The quantitative estimate of drug-likeness (QED) is 0.656. The zero-order chi connectivity index (χ0) is 18.1. The average Bonchev–Trinajstić information content (AvgIpc) is 2.62. The van der Waals surface area contributed by atoms with E-state index in [1.54, 1.807) is 0 Å². The normalized spacial score (nSPS) is 17.8. The van der Waals surface area contributed by atoms with E-state index in [-0.39, 0.29) is 0 Å². The molecule has 0 aliphatic carbocycles. The van der Waals surface area contributed by atoms with Crippen LogP contribution in [-0.4, -0.2) is 80.1 Å². The van der Waals surface area contributed by atoms with Gasteiger partial charge in [-0.15, -0.1) is 0 Å². The van der Waals surface area contributed by atoms with Gasteiger partial charge in [-0.3, -0.25) is 4.90 Å². The molecule has 1 aromatic carbocycles. The molecular weight excluding hydrogens is 316 g/mol. The van der Waals surface area contributed by atoms with Crippen LogP contribution in [0.3, 0.4) is 0 Å². The largest absolute Gasteiger partial charge is 0.491 e. The van der Waals surface area contributed by atoms with Crippen LogP contribution in [0.1, 0.15) is 32.3 Å². The molecule has 5 nitrogen and oxygen atoms in total. The molecule has 1 N–H and O–H groups in total. The van der Waals surface area contributed by atoms with Crippen LogP contribution < -0.4 is 4.74 Å². The fraction of sp³-hybridized carbons (Fsp3) is 0.700. The van der Waals surface area contributed by atoms with Gasteiger partial charge in [-0.1, -0.05) is 39.0 Å². The topological polar surface area (TPSA) is 45.2 Å². The lowest BCUT2D eigenvalue weighted by molar-refractivity contribution is 0.000318. The highest BCUT2D eigenvalue weighted by Crippen LogP contribution is 2.25. The fourth-order valence-corrected chi connectivity index (χ4v) is 3.16. The summed E-state index contributed by atoms with van der Waals surface area (Å²) < 4.78 is 11.4. The lowest BCUT2D eigenvalue weighted by atomic mass is 10.0. The molecule has 1 aromatic rings. The molecule has 5 heteroatoms. The smallest absolute Gasteiger partial charge is 0.122 e. The van der Waals surface area contributed by atoms with Crippen LogP contribution in [0.25, 0.3) is 0 Å². The van der Waals surface area contributed by atoms with Crippen molar-refractivity contribution in [1.82, 2.24) is 9.80 Å². The van der Waals surface area contributed by atoms with Crippen LogP contribution in [0, 0.1) is 0 Å². The van der Waals surface area contributed by atoms with Gasteiger partial charge in [0.1, 0.15) is 12.4 Å². The Morgan fingerprint density at radius 3 is 2.40 bits per heavy atom. The van der Waals surface area contributed by atoms with Gasteiger partial charge in [0.25, 0.3) is 0 Å². The van der Waals surface area contributed by atoms with Crippen molar-refractivity contribution in [2.45, 2.75) is 32.8 Å². The maximum absolute atomic E-state index is 10.1. The first-order valence-corrected chi connectivity index (χ1v) is 9.52. The SMILES string of the molecule is CCN1CCN(C[C@H](O)COCCOc2ccccc2C(C)C)CC1. The minimum Gasteiger partial charge on any atom is -0.491 e. The summed E-state index contributed by atoms with van der Waals surface area (Å²) in [6, 6.07) is 8.13. The van der Waals surface area contributed by atoms with Gasteiger partial charge in [-0.25, -0.2) is 0 Å². The van der Waals surface area contributed by atoms with Crippen molar-refractivity contribution in [3.63, 3.8) is 0 Å². The summed E-state index contributed by atoms with van der Waals surface area (Å²) in [5.74, 6) is 1.36. The van der Waals surface area contributed by atoms with Crippen molar-refractivity contribution in [2.24, 2.45) is 0 Å². The third kappa shape index (κ3) is 6.94. The van der Waals surface area contributed by atoms with Crippen LogP contribution >= 0.6 is 0 Å². The summed E-state index contributed by atoms with van der Waals surface area (Å²) in [5, 5.41) is 10.1. The highest BCUT2D eigenvalue weighted by molar-refractivity contribution is 5.35. The minimum absolute atomic E-state index is 0.364. The third-order valence-corrected chi connectivity index (χ3v) is 4.72. The molecule has 0 unspecified atom stereocenters. The summed E-state index contributed by atoms with van der Waals surface area (Å²) in [6.07, 6.45) is -0.434. The van der Waals surface area contributed by atoms with Crippen LogP contribution in [0.2, 0.25) is 0 Å². The Morgan fingerprint density at radius 1 is 1.04 bits per heavy atom. The molecule has 0 radical (unpaired) electrons. The molecule has 1 saturated heterocycles. The van der Waals surface area contributed by atoms with Crippen LogP contribution in [-0.2, 0) is 4.74 Å². The maximum atomic E-state index is 10.1. The molecular formula is C20H34N2O3. The second-order valence-electron chi connectivity index (χ2n) is 7.00. The van der Waals surface area contributed by atoms with E-state index >= 15 is 0 Å². The summed E-state index contributed by atoms with van der Waals surface area (Å²) in [5.41, 5.74) is 1.22. The number of β-amino-alcohol motifs (C(OH)–C–C–N with tert-alkyl or cyclic N) is 1. The van der Waals surface area contributed by atoms with Gasteiger partial charge in [0.05, 0.1) is 19.3 Å². The number of para-hydroxylation sites is 1. The summed E-state index contributed by atoms with van der Waals surface area (Å²) >= 11 is 0. The van der Waals surface area contributed by atoms with Crippen molar-refractivity contribution < 1.29 is 14.6 Å². The first-order valence-electron chi connectivity index (χ1n) is 9.52. The average molecular weight is 351 g/mol. The molecule has 0 aromatic heterocycles. The first kappa shape index (κ1) is 20.2. The number of benzene rings is 1. The van der Waals surface area contributed by atoms with Gasteiger partial charge in [-0.05, 0) is 24.1 Å². The van der Waals surface area contributed by atoms with E-state index in [1.807, 2.05) is 18.2 Å². The standard InChI is InChI=1S/C20H34N2O3/c1-4-21-9-11-22(12-10-21)15-18(23)16-24-13-14-25-20-8-6-5-7-19(20)17(2)3/h5-8,17-18,23H,4,9-16H2,1-3H3/t18-/m0/s1. The molecule has 1 fully saturated rings. The predicted molar refractivity (Wildman–Crippen MR) is 101 cm³/mol. The van der Waals surface area contributed by atoms with Gasteiger partial charge in [0.2, 0.25) is 0 Å². The molecule has 1 heterocycles. The summed E-state index contributed by atoms with van der Waals surface area (Å²) in [6.45, 7) is 13.9. The van der Waals surface area contributed by atoms with Gasteiger partial charge in [0.15, 0.2) is 0 Å². The fourth-order valence-electron chi connectivity index (χ4n) is 3.16. The van der Waals surface area contributed by atoms with E-state index in [9.17, 15) is 5.11 Å². The number of ether oxygens (including phenoxy) is 2. The van der Waals surface area contributed by atoms with Crippen LogP contribution in [0.15, 0.2) is 24.3 Å². The predicted octanol–water partition coefficient (Wildman–Crippen LogP) is 2.20. The third-order valence-electron chi connectivity index (χ3n) is 4.72. The van der Waals surface area contributed by atoms with Crippen molar-refractivity contribution in [3.8, 4) is 5.75 Å².